The molecule has 0 saturated heterocycles. The van der Waals surface area contributed by atoms with Crippen molar-refractivity contribution in [2.45, 2.75) is 0 Å². The molecule has 1 aromatic heterocycles. The number of carbonyl (C=O) groups is 2. The summed E-state index contributed by atoms with van der Waals surface area (Å²) in [5.74, 6) is 0.665. The predicted octanol–water partition coefficient (Wildman–Crippen LogP) is 5.48. The van der Waals surface area contributed by atoms with Crippen molar-refractivity contribution in [1.29, 1.82) is 0 Å². The zero-order valence-corrected chi connectivity index (χ0v) is 21.8. The Morgan fingerprint density at radius 3 is 2.39 bits per heavy atom. The van der Waals surface area contributed by atoms with E-state index in [1.165, 1.54) is 4.90 Å². The number of nitrogens with zero attached hydrogens (tertiary/aromatic N) is 3. The summed E-state index contributed by atoms with van der Waals surface area (Å²) in [6.07, 6.45) is 3.39. The fourth-order valence-corrected chi connectivity index (χ4v) is 4.00. The van der Waals surface area contributed by atoms with Crippen molar-refractivity contribution in [3.8, 4) is 28.4 Å². The summed E-state index contributed by atoms with van der Waals surface area (Å²) in [4.78, 5) is 32.3. The van der Waals surface area contributed by atoms with Crippen LogP contribution in [0.3, 0.4) is 0 Å². The van der Waals surface area contributed by atoms with Gasteiger partial charge in [-0.1, -0.05) is 48.0 Å². The van der Waals surface area contributed by atoms with Crippen LogP contribution >= 0.6 is 11.6 Å². The van der Waals surface area contributed by atoms with Gasteiger partial charge in [0, 0.05) is 35.0 Å². The highest BCUT2D eigenvalue weighted by Crippen LogP contribution is 2.31. The lowest BCUT2D eigenvalue weighted by Gasteiger charge is -2.21. The molecule has 0 aliphatic heterocycles. The number of amides is 2. The van der Waals surface area contributed by atoms with Crippen LogP contribution in [-0.2, 0) is 4.79 Å². The molecule has 0 atom stereocenters. The first-order chi connectivity index (χ1) is 18.4. The number of benzene rings is 3. The number of imidazole rings is 1. The van der Waals surface area contributed by atoms with Crippen molar-refractivity contribution in [3.63, 3.8) is 0 Å². The molecule has 1 N–H and O–H groups in total. The highest BCUT2D eigenvalue weighted by molar-refractivity contribution is 6.30. The van der Waals surface area contributed by atoms with Crippen molar-refractivity contribution >= 4 is 29.4 Å². The first kappa shape index (κ1) is 26.5. The molecule has 38 heavy (non-hydrogen) atoms. The Morgan fingerprint density at radius 1 is 1.03 bits per heavy atom. The number of hydrogen-bond donors (Lipinski definition) is 1. The van der Waals surface area contributed by atoms with Crippen LogP contribution in [0.1, 0.15) is 10.4 Å². The number of aromatic nitrogens is 2. The SMILES string of the molecule is C=CCN(CC(=O)Nc1nc(-c2ccccc2)cn1-c1ccc(OC)c(OC)c1)C(=O)c1ccc(Cl)cc1. The Bertz CT molecular complexity index is 1430. The zero-order valence-electron chi connectivity index (χ0n) is 21.1. The molecule has 0 aliphatic carbocycles. The van der Waals surface area contributed by atoms with E-state index >= 15 is 0 Å². The summed E-state index contributed by atoms with van der Waals surface area (Å²) < 4.78 is 12.6. The van der Waals surface area contributed by atoms with Crippen molar-refractivity contribution < 1.29 is 19.1 Å². The van der Waals surface area contributed by atoms with Gasteiger partial charge in [-0.15, -0.1) is 6.58 Å². The highest BCUT2D eigenvalue weighted by Gasteiger charge is 2.21. The van der Waals surface area contributed by atoms with E-state index in [1.807, 2.05) is 42.6 Å². The molecule has 9 heteroatoms. The molecule has 0 unspecified atom stereocenters. The lowest BCUT2D eigenvalue weighted by molar-refractivity contribution is -0.116. The second-order valence-corrected chi connectivity index (χ2v) is 8.69. The molecule has 2 amide bonds. The number of ether oxygens (including phenoxy) is 2. The van der Waals surface area contributed by atoms with Gasteiger partial charge in [-0.2, -0.15) is 0 Å². The van der Waals surface area contributed by atoms with Crippen molar-refractivity contribution in [2.75, 3.05) is 32.6 Å². The van der Waals surface area contributed by atoms with Gasteiger partial charge >= 0.3 is 0 Å². The largest absolute Gasteiger partial charge is 0.493 e. The Morgan fingerprint density at radius 2 is 1.74 bits per heavy atom. The molecule has 0 bridgehead atoms. The summed E-state index contributed by atoms with van der Waals surface area (Å²) in [6, 6.07) is 21.5. The average Bonchev–Trinajstić information content (AvgIpc) is 3.36. The molecule has 8 nitrogen and oxygen atoms in total. The Balaban J connectivity index is 1.64. The number of carbonyl (C=O) groups excluding carboxylic acids is 2. The van der Waals surface area contributed by atoms with Crippen LogP contribution in [0.15, 0.2) is 91.6 Å². The van der Waals surface area contributed by atoms with E-state index in [1.54, 1.807) is 61.3 Å². The van der Waals surface area contributed by atoms with Crippen LogP contribution in [0, 0.1) is 0 Å². The number of hydrogen-bond acceptors (Lipinski definition) is 5. The standard InChI is InChI=1S/C29H27ClN4O4/c1-4-16-33(28(36)21-10-12-22(30)13-11-21)19-27(35)32-29-31-24(20-8-6-5-7-9-20)18-34(29)23-14-15-25(37-2)26(17-23)38-3/h4-15,17-18H,1,16,19H2,2-3H3,(H,31,32,35). The highest BCUT2D eigenvalue weighted by atomic mass is 35.5. The lowest BCUT2D eigenvalue weighted by Crippen LogP contribution is -2.38. The van der Waals surface area contributed by atoms with Gasteiger partial charge in [0.1, 0.15) is 6.54 Å². The quantitative estimate of drug-likeness (QED) is 0.274. The fraction of sp³-hybridized carbons (Fsp3) is 0.138. The summed E-state index contributed by atoms with van der Waals surface area (Å²) in [6.45, 7) is 3.71. The van der Waals surface area contributed by atoms with Crippen LogP contribution in [0.25, 0.3) is 16.9 Å². The van der Waals surface area contributed by atoms with Crippen LogP contribution in [0.5, 0.6) is 11.5 Å². The van der Waals surface area contributed by atoms with Gasteiger partial charge in [0.15, 0.2) is 11.5 Å². The number of halogens is 1. The second kappa shape index (κ2) is 12.1. The topological polar surface area (TPSA) is 85.7 Å². The third-order valence-corrected chi connectivity index (χ3v) is 5.99. The van der Waals surface area contributed by atoms with E-state index in [9.17, 15) is 9.59 Å². The third kappa shape index (κ3) is 6.04. The second-order valence-electron chi connectivity index (χ2n) is 8.25. The Hall–Kier alpha value is -4.56. The van der Waals surface area contributed by atoms with E-state index in [0.717, 1.165) is 5.56 Å². The zero-order chi connectivity index (χ0) is 27.1. The summed E-state index contributed by atoms with van der Waals surface area (Å²) in [7, 11) is 3.12. The van der Waals surface area contributed by atoms with Crippen LogP contribution in [0.2, 0.25) is 5.02 Å². The molecular weight excluding hydrogens is 504 g/mol. The number of rotatable bonds is 10. The van der Waals surface area contributed by atoms with Crippen molar-refractivity contribution in [3.05, 3.63) is 102 Å². The fourth-order valence-electron chi connectivity index (χ4n) is 3.88. The molecule has 4 rings (SSSR count). The van der Waals surface area contributed by atoms with Gasteiger partial charge in [-0.25, -0.2) is 4.98 Å². The molecule has 4 aromatic rings. The minimum Gasteiger partial charge on any atom is -0.493 e. The van der Waals surface area contributed by atoms with Crippen molar-refractivity contribution in [1.82, 2.24) is 14.5 Å². The number of anilines is 1. The molecule has 0 aliphatic rings. The first-order valence-corrected chi connectivity index (χ1v) is 12.1. The van der Waals surface area contributed by atoms with Gasteiger partial charge in [0.25, 0.3) is 5.91 Å². The maximum absolute atomic E-state index is 13.2. The molecular formula is C29H27ClN4O4. The van der Waals surface area contributed by atoms with Gasteiger partial charge in [0.05, 0.1) is 25.6 Å². The number of nitrogens with one attached hydrogen (secondary N) is 1. The van der Waals surface area contributed by atoms with Crippen molar-refractivity contribution in [2.24, 2.45) is 0 Å². The molecule has 0 fully saturated rings. The first-order valence-electron chi connectivity index (χ1n) is 11.8. The average molecular weight is 531 g/mol. The van der Waals surface area contributed by atoms with Gasteiger partial charge < -0.3 is 14.4 Å². The molecule has 3 aromatic carbocycles. The van der Waals surface area contributed by atoms with Gasteiger partial charge in [0.2, 0.25) is 11.9 Å². The van der Waals surface area contributed by atoms with Crippen LogP contribution in [0.4, 0.5) is 5.95 Å². The monoisotopic (exact) mass is 530 g/mol. The molecule has 0 radical (unpaired) electrons. The normalized spacial score (nSPS) is 10.5. The maximum atomic E-state index is 13.2. The Labute approximate surface area is 226 Å². The molecule has 0 spiro atoms. The van der Waals surface area contributed by atoms with Crippen LogP contribution in [-0.4, -0.2) is 53.6 Å². The smallest absolute Gasteiger partial charge is 0.254 e. The Kier molecular flexibility index (Phi) is 8.45. The third-order valence-electron chi connectivity index (χ3n) is 5.73. The maximum Gasteiger partial charge on any atom is 0.254 e. The van der Waals surface area contributed by atoms with Gasteiger partial charge in [-0.3, -0.25) is 19.5 Å². The predicted molar refractivity (Wildman–Crippen MR) is 148 cm³/mol. The molecule has 1 heterocycles. The molecule has 194 valence electrons. The molecule has 0 saturated carbocycles. The minimum atomic E-state index is -0.416. The summed E-state index contributed by atoms with van der Waals surface area (Å²) >= 11 is 5.95. The summed E-state index contributed by atoms with van der Waals surface area (Å²) in [5, 5.41) is 3.38. The van der Waals surface area contributed by atoms with E-state index in [-0.39, 0.29) is 19.0 Å². The van der Waals surface area contributed by atoms with E-state index in [0.29, 0.717) is 39.4 Å². The van der Waals surface area contributed by atoms with E-state index < -0.39 is 5.91 Å². The van der Waals surface area contributed by atoms with E-state index in [2.05, 4.69) is 16.9 Å². The van der Waals surface area contributed by atoms with Crippen LogP contribution < -0.4 is 14.8 Å². The van der Waals surface area contributed by atoms with Gasteiger partial charge in [-0.05, 0) is 36.4 Å². The number of methoxy groups -OCH3 is 2. The minimum absolute atomic E-state index is 0.189. The van der Waals surface area contributed by atoms with E-state index in [4.69, 9.17) is 21.1 Å². The summed E-state index contributed by atoms with van der Waals surface area (Å²) in [5.41, 5.74) is 2.67. The lowest BCUT2D eigenvalue weighted by atomic mass is 10.2.